The van der Waals surface area contributed by atoms with Gasteiger partial charge in [0.25, 0.3) is 0 Å². The predicted molar refractivity (Wildman–Crippen MR) is 47.3 cm³/mol. The first kappa shape index (κ1) is 9.15. The summed E-state index contributed by atoms with van der Waals surface area (Å²) in [7, 11) is 0. The van der Waals surface area contributed by atoms with Crippen LogP contribution >= 0.6 is 0 Å². The molecular weight excluding hydrogens is 122 g/mol. The molecule has 0 fully saturated rings. The van der Waals surface area contributed by atoms with Gasteiger partial charge in [-0.15, -0.1) is 0 Å². The fraction of sp³-hybridized carbons (Fsp3) is 0.444. The van der Waals surface area contributed by atoms with Crippen molar-refractivity contribution in [3.63, 3.8) is 0 Å². The maximum atomic E-state index is 4.01. The van der Waals surface area contributed by atoms with Crippen molar-refractivity contribution in [1.82, 2.24) is 0 Å². The molecular formula is C9H15N. The van der Waals surface area contributed by atoms with Crippen LogP contribution in [0.3, 0.4) is 0 Å². The largest absolute Gasteiger partial charge is 0.265 e. The van der Waals surface area contributed by atoms with Crippen molar-refractivity contribution >= 4 is 6.21 Å². The summed E-state index contributed by atoms with van der Waals surface area (Å²) in [5.41, 5.74) is 1.29. The summed E-state index contributed by atoms with van der Waals surface area (Å²) in [5.74, 6) is 0.585. The number of hydrogen-bond acceptors (Lipinski definition) is 1. The highest BCUT2D eigenvalue weighted by Gasteiger charge is 1.92. The molecule has 0 unspecified atom stereocenters. The number of allylic oxidation sites excluding steroid dienone is 2. The Balaban J connectivity index is 3.91. The lowest BCUT2D eigenvalue weighted by atomic mass is 10.1. The molecule has 0 saturated carbocycles. The molecule has 0 aliphatic carbocycles. The Hall–Kier alpha value is -0.850. The van der Waals surface area contributed by atoms with Gasteiger partial charge in [0.2, 0.25) is 0 Å². The molecule has 0 aromatic carbocycles. The van der Waals surface area contributed by atoms with E-state index in [4.69, 9.17) is 0 Å². The minimum atomic E-state index is 0.585. The summed E-state index contributed by atoms with van der Waals surface area (Å²) in [6, 6.07) is 0. The van der Waals surface area contributed by atoms with E-state index in [9.17, 15) is 0 Å². The van der Waals surface area contributed by atoms with E-state index >= 15 is 0 Å². The van der Waals surface area contributed by atoms with Crippen LogP contribution in [-0.4, -0.2) is 6.21 Å². The van der Waals surface area contributed by atoms with Crippen LogP contribution in [0.15, 0.2) is 29.4 Å². The quantitative estimate of drug-likeness (QED) is 0.530. The van der Waals surface area contributed by atoms with Crippen LogP contribution in [0.5, 0.6) is 0 Å². The summed E-state index contributed by atoms with van der Waals surface area (Å²) < 4.78 is 0. The Kier molecular flexibility index (Phi) is 4.55. The maximum Gasteiger partial charge on any atom is 0.0261 e. The van der Waals surface area contributed by atoms with Crippen molar-refractivity contribution in [2.24, 2.45) is 10.9 Å². The lowest BCUT2D eigenvalue weighted by molar-refractivity contribution is 0.766. The van der Waals surface area contributed by atoms with Crippen LogP contribution in [0.2, 0.25) is 0 Å². The number of hydrogen-bond donors (Lipinski definition) is 0. The van der Waals surface area contributed by atoms with Gasteiger partial charge in [-0.05, 0) is 12.8 Å². The SMILES string of the molecule is C=C/C=N\C=C(/C)C(C)C. The number of aliphatic imine (C=N–C) groups is 1. The van der Waals surface area contributed by atoms with Gasteiger partial charge in [0.1, 0.15) is 0 Å². The number of nitrogens with zero attached hydrogens (tertiary/aromatic N) is 1. The van der Waals surface area contributed by atoms with Gasteiger partial charge in [0.15, 0.2) is 0 Å². The first-order valence-electron chi connectivity index (χ1n) is 3.49. The highest BCUT2D eigenvalue weighted by molar-refractivity contribution is 5.70. The van der Waals surface area contributed by atoms with Gasteiger partial charge in [0, 0.05) is 12.4 Å². The van der Waals surface area contributed by atoms with Crippen molar-refractivity contribution < 1.29 is 0 Å². The topological polar surface area (TPSA) is 12.4 Å². The molecule has 0 aromatic heterocycles. The van der Waals surface area contributed by atoms with E-state index < -0.39 is 0 Å². The molecule has 0 spiro atoms. The van der Waals surface area contributed by atoms with E-state index in [0.29, 0.717) is 5.92 Å². The van der Waals surface area contributed by atoms with Gasteiger partial charge >= 0.3 is 0 Å². The Morgan fingerprint density at radius 2 is 2.10 bits per heavy atom. The van der Waals surface area contributed by atoms with Gasteiger partial charge in [-0.25, -0.2) is 0 Å². The fourth-order valence-corrected chi connectivity index (χ4v) is 0.371. The van der Waals surface area contributed by atoms with Gasteiger partial charge < -0.3 is 0 Å². The molecule has 0 atom stereocenters. The van der Waals surface area contributed by atoms with Gasteiger partial charge in [-0.2, -0.15) is 0 Å². The molecule has 0 amide bonds. The molecule has 56 valence electrons. The third-order valence-electron chi connectivity index (χ3n) is 1.38. The zero-order valence-electron chi connectivity index (χ0n) is 6.96. The van der Waals surface area contributed by atoms with E-state index in [-0.39, 0.29) is 0 Å². The lowest BCUT2D eigenvalue weighted by Gasteiger charge is -2.00. The Morgan fingerprint density at radius 3 is 2.50 bits per heavy atom. The van der Waals surface area contributed by atoms with E-state index in [1.807, 2.05) is 6.20 Å². The summed E-state index contributed by atoms with van der Waals surface area (Å²) in [6.45, 7) is 9.89. The molecule has 10 heavy (non-hydrogen) atoms. The molecule has 0 heterocycles. The molecule has 0 radical (unpaired) electrons. The smallest absolute Gasteiger partial charge is 0.0261 e. The Morgan fingerprint density at radius 1 is 1.50 bits per heavy atom. The minimum Gasteiger partial charge on any atom is -0.265 e. The summed E-state index contributed by atoms with van der Waals surface area (Å²) in [6.07, 6.45) is 5.22. The fourth-order valence-electron chi connectivity index (χ4n) is 0.371. The van der Waals surface area contributed by atoms with Gasteiger partial charge in [-0.1, -0.05) is 32.1 Å². The second-order valence-electron chi connectivity index (χ2n) is 2.56. The summed E-state index contributed by atoms with van der Waals surface area (Å²) >= 11 is 0. The summed E-state index contributed by atoms with van der Waals surface area (Å²) in [5, 5.41) is 0. The van der Waals surface area contributed by atoms with Crippen LogP contribution in [0.25, 0.3) is 0 Å². The molecule has 1 nitrogen and oxygen atoms in total. The van der Waals surface area contributed by atoms with Crippen molar-refractivity contribution in [2.45, 2.75) is 20.8 Å². The summed E-state index contributed by atoms with van der Waals surface area (Å²) in [4.78, 5) is 4.01. The second-order valence-corrected chi connectivity index (χ2v) is 2.56. The first-order valence-corrected chi connectivity index (χ1v) is 3.49. The highest BCUT2D eigenvalue weighted by atomic mass is 14.7. The molecule has 0 rings (SSSR count). The standard InChI is InChI=1S/C9H15N/c1-5-6-10-7-9(4)8(2)3/h5-8H,1H2,2-4H3/b9-7+,10-6-. The van der Waals surface area contributed by atoms with Gasteiger partial charge in [-0.3, -0.25) is 4.99 Å². The minimum absolute atomic E-state index is 0.585. The van der Waals surface area contributed by atoms with E-state index in [1.165, 1.54) is 5.57 Å². The van der Waals surface area contributed by atoms with Crippen molar-refractivity contribution in [2.75, 3.05) is 0 Å². The molecule has 0 bridgehead atoms. The number of rotatable bonds is 3. The van der Waals surface area contributed by atoms with Crippen LogP contribution in [0.4, 0.5) is 0 Å². The van der Waals surface area contributed by atoms with Crippen LogP contribution in [-0.2, 0) is 0 Å². The molecule has 0 aromatic rings. The monoisotopic (exact) mass is 137 g/mol. The van der Waals surface area contributed by atoms with Crippen LogP contribution in [0, 0.1) is 5.92 Å². The average Bonchev–Trinajstić information content (AvgIpc) is 1.88. The molecule has 1 heteroatoms. The van der Waals surface area contributed by atoms with Gasteiger partial charge in [0.05, 0.1) is 0 Å². The van der Waals surface area contributed by atoms with E-state index in [1.54, 1.807) is 12.3 Å². The van der Waals surface area contributed by atoms with E-state index in [0.717, 1.165) is 0 Å². The Bertz CT molecular complexity index is 152. The molecule has 0 saturated heterocycles. The maximum absolute atomic E-state index is 4.01. The zero-order valence-corrected chi connectivity index (χ0v) is 6.96. The molecule has 0 aliphatic heterocycles. The van der Waals surface area contributed by atoms with E-state index in [2.05, 4.69) is 32.3 Å². The third kappa shape index (κ3) is 4.07. The normalized spacial score (nSPS) is 13.0. The van der Waals surface area contributed by atoms with Crippen LogP contribution in [0.1, 0.15) is 20.8 Å². The lowest BCUT2D eigenvalue weighted by Crippen LogP contribution is -1.86. The predicted octanol–water partition coefficient (Wildman–Crippen LogP) is 2.80. The third-order valence-corrected chi connectivity index (χ3v) is 1.38. The Labute approximate surface area is 63.2 Å². The van der Waals surface area contributed by atoms with Crippen molar-refractivity contribution in [3.8, 4) is 0 Å². The average molecular weight is 137 g/mol. The first-order chi connectivity index (χ1) is 4.68. The van der Waals surface area contributed by atoms with Crippen LogP contribution < -0.4 is 0 Å². The zero-order chi connectivity index (χ0) is 7.98. The van der Waals surface area contributed by atoms with Crippen molar-refractivity contribution in [3.05, 3.63) is 24.4 Å². The highest BCUT2D eigenvalue weighted by Crippen LogP contribution is 2.06. The van der Waals surface area contributed by atoms with Crippen molar-refractivity contribution in [1.29, 1.82) is 0 Å². The molecule has 0 aliphatic rings. The second kappa shape index (κ2) is 4.98. The molecule has 0 N–H and O–H groups in total.